The first-order valence-electron chi connectivity index (χ1n) is 4.75. The van der Waals surface area contributed by atoms with E-state index in [0.717, 1.165) is 20.1 Å². The van der Waals surface area contributed by atoms with Gasteiger partial charge in [-0.25, -0.2) is 0 Å². The maximum absolute atomic E-state index is 8.66. The molecule has 0 aliphatic rings. The summed E-state index contributed by atoms with van der Waals surface area (Å²) in [6.07, 6.45) is 3.52. The fraction of sp³-hybridized carbons (Fsp3) is 1.00. The molecule has 4 heteroatoms. The van der Waals surface area contributed by atoms with Crippen LogP contribution in [0.5, 0.6) is 0 Å². The van der Waals surface area contributed by atoms with Crippen molar-refractivity contribution in [1.29, 1.82) is 0 Å². The lowest BCUT2D eigenvalue weighted by atomic mass is 10.2. The minimum atomic E-state index is -0.133. The zero-order chi connectivity index (χ0) is 10.5. The molecule has 0 spiro atoms. The van der Waals surface area contributed by atoms with Gasteiger partial charge in [0.15, 0.2) is 0 Å². The average molecular weight is 193 g/mol. The Kier molecular flexibility index (Phi) is 16.9. The molecule has 0 aromatic heterocycles. The minimum absolute atomic E-state index is 0.0165. The summed E-state index contributed by atoms with van der Waals surface area (Å²) in [6, 6.07) is -0.133. The fourth-order valence-corrected chi connectivity index (χ4v) is 0.868. The number of unbranched alkanes of at least 4 members (excludes halogenated alkanes) is 2. The van der Waals surface area contributed by atoms with E-state index in [4.69, 9.17) is 15.3 Å². The van der Waals surface area contributed by atoms with Gasteiger partial charge >= 0.3 is 0 Å². The fourth-order valence-electron chi connectivity index (χ4n) is 0.868. The van der Waals surface area contributed by atoms with Gasteiger partial charge in [-0.15, -0.1) is 0 Å². The normalized spacial score (nSPS) is 9.69. The molecule has 4 N–H and O–H groups in total. The maximum Gasteiger partial charge on any atom is 0.0607 e. The van der Waals surface area contributed by atoms with Crippen molar-refractivity contribution >= 4 is 0 Å². The Morgan fingerprint density at radius 3 is 2.00 bits per heavy atom. The second-order valence-electron chi connectivity index (χ2n) is 2.72. The van der Waals surface area contributed by atoms with Gasteiger partial charge < -0.3 is 20.6 Å². The molecule has 0 rings (SSSR count). The first-order chi connectivity index (χ1) is 6.35. The van der Waals surface area contributed by atoms with Gasteiger partial charge in [0.25, 0.3) is 0 Å². The summed E-state index contributed by atoms with van der Waals surface area (Å²) in [5.74, 6) is 0. The summed E-state index contributed by atoms with van der Waals surface area (Å²) in [5.41, 5.74) is 0. The van der Waals surface area contributed by atoms with Crippen molar-refractivity contribution in [2.75, 3.05) is 26.9 Å². The van der Waals surface area contributed by atoms with E-state index in [1.165, 1.54) is 12.8 Å². The van der Waals surface area contributed by atoms with Crippen LogP contribution in [0.1, 0.15) is 26.2 Å². The Morgan fingerprint density at radius 2 is 1.62 bits per heavy atom. The summed E-state index contributed by atoms with van der Waals surface area (Å²) in [6.45, 7) is 3.07. The minimum Gasteiger partial charge on any atom is -0.400 e. The molecule has 0 aromatic rings. The molecule has 0 fully saturated rings. The number of aliphatic hydroxyl groups is 3. The maximum atomic E-state index is 8.66. The summed E-state index contributed by atoms with van der Waals surface area (Å²) in [7, 11) is 1.00. The predicted octanol–water partition coefficient (Wildman–Crippen LogP) is -0.272. The van der Waals surface area contributed by atoms with Gasteiger partial charge in [0, 0.05) is 7.11 Å². The third-order valence-electron chi connectivity index (χ3n) is 1.65. The quantitative estimate of drug-likeness (QED) is 0.420. The molecular formula is C9H23NO3. The molecule has 0 atom stereocenters. The molecule has 0 radical (unpaired) electrons. The van der Waals surface area contributed by atoms with Crippen LogP contribution >= 0.6 is 0 Å². The summed E-state index contributed by atoms with van der Waals surface area (Å²) < 4.78 is 0. The predicted molar refractivity (Wildman–Crippen MR) is 53.6 cm³/mol. The molecule has 0 saturated heterocycles. The number of rotatable bonds is 7. The monoisotopic (exact) mass is 193 g/mol. The van der Waals surface area contributed by atoms with Gasteiger partial charge in [0.05, 0.1) is 19.3 Å². The van der Waals surface area contributed by atoms with Gasteiger partial charge in [-0.2, -0.15) is 0 Å². The van der Waals surface area contributed by atoms with Gasteiger partial charge in [0.1, 0.15) is 0 Å². The van der Waals surface area contributed by atoms with Crippen LogP contribution in [0.3, 0.4) is 0 Å². The van der Waals surface area contributed by atoms with Crippen molar-refractivity contribution in [3.05, 3.63) is 0 Å². The van der Waals surface area contributed by atoms with Gasteiger partial charge in [0.2, 0.25) is 0 Å². The molecule has 0 amide bonds. The van der Waals surface area contributed by atoms with Crippen molar-refractivity contribution in [3.63, 3.8) is 0 Å². The van der Waals surface area contributed by atoms with Crippen molar-refractivity contribution in [3.8, 4) is 0 Å². The number of hydrogen-bond acceptors (Lipinski definition) is 4. The third kappa shape index (κ3) is 11.8. The Bertz CT molecular complexity index is 77.3. The molecule has 0 aliphatic heterocycles. The zero-order valence-electron chi connectivity index (χ0n) is 8.66. The average Bonchev–Trinajstić information content (AvgIpc) is 2.21. The summed E-state index contributed by atoms with van der Waals surface area (Å²) >= 11 is 0. The van der Waals surface area contributed by atoms with Crippen LogP contribution in [0.2, 0.25) is 0 Å². The highest BCUT2D eigenvalue weighted by Gasteiger charge is 2.01. The molecule has 4 nitrogen and oxygen atoms in total. The SMILES string of the molecule is CCCCCNC(CO)CO.CO. The molecule has 0 heterocycles. The van der Waals surface area contributed by atoms with Crippen LogP contribution in [-0.4, -0.2) is 48.2 Å². The Morgan fingerprint density at radius 1 is 1.08 bits per heavy atom. The van der Waals surface area contributed by atoms with E-state index >= 15 is 0 Å². The molecule has 13 heavy (non-hydrogen) atoms. The van der Waals surface area contributed by atoms with E-state index in [-0.39, 0.29) is 19.3 Å². The van der Waals surface area contributed by atoms with E-state index in [9.17, 15) is 0 Å². The van der Waals surface area contributed by atoms with Crippen molar-refractivity contribution < 1.29 is 15.3 Å². The van der Waals surface area contributed by atoms with E-state index in [2.05, 4.69) is 12.2 Å². The smallest absolute Gasteiger partial charge is 0.0607 e. The van der Waals surface area contributed by atoms with Crippen LogP contribution < -0.4 is 5.32 Å². The van der Waals surface area contributed by atoms with Crippen LogP contribution in [-0.2, 0) is 0 Å². The van der Waals surface area contributed by atoms with Gasteiger partial charge in [-0.05, 0) is 13.0 Å². The van der Waals surface area contributed by atoms with E-state index < -0.39 is 0 Å². The number of hydrogen-bond donors (Lipinski definition) is 4. The van der Waals surface area contributed by atoms with Crippen LogP contribution in [0.25, 0.3) is 0 Å². The molecular weight excluding hydrogens is 170 g/mol. The van der Waals surface area contributed by atoms with Gasteiger partial charge in [-0.1, -0.05) is 19.8 Å². The molecule has 0 bridgehead atoms. The van der Waals surface area contributed by atoms with Crippen molar-refractivity contribution in [2.45, 2.75) is 32.2 Å². The van der Waals surface area contributed by atoms with Gasteiger partial charge in [-0.3, -0.25) is 0 Å². The standard InChI is InChI=1S/C8H19NO2.CH4O/c1-2-3-4-5-9-8(6-10)7-11;1-2/h8-11H,2-7H2,1H3;2H,1H3. The van der Waals surface area contributed by atoms with Crippen LogP contribution in [0.4, 0.5) is 0 Å². The molecule has 82 valence electrons. The van der Waals surface area contributed by atoms with E-state index in [1.807, 2.05) is 0 Å². The lowest BCUT2D eigenvalue weighted by molar-refractivity contribution is 0.171. The summed E-state index contributed by atoms with van der Waals surface area (Å²) in [4.78, 5) is 0. The first kappa shape index (κ1) is 15.3. The topological polar surface area (TPSA) is 72.7 Å². The molecule has 0 aliphatic carbocycles. The molecule has 0 saturated carbocycles. The van der Waals surface area contributed by atoms with Crippen molar-refractivity contribution in [1.82, 2.24) is 5.32 Å². The number of nitrogens with one attached hydrogen (secondary N) is 1. The van der Waals surface area contributed by atoms with Crippen molar-refractivity contribution in [2.24, 2.45) is 0 Å². The Balaban J connectivity index is 0. The van der Waals surface area contributed by atoms with E-state index in [1.54, 1.807) is 0 Å². The number of aliphatic hydroxyl groups excluding tert-OH is 3. The molecule has 0 unspecified atom stereocenters. The second-order valence-corrected chi connectivity index (χ2v) is 2.72. The Labute approximate surface area is 80.6 Å². The largest absolute Gasteiger partial charge is 0.400 e. The lowest BCUT2D eigenvalue weighted by Gasteiger charge is -2.12. The molecule has 0 aromatic carbocycles. The van der Waals surface area contributed by atoms with Crippen LogP contribution in [0, 0.1) is 0 Å². The highest BCUT2D eigenvalue weighted by atomic mass is 16.3. The first-order valence-corrected chi connectivity index (χ1v) is 4.75. The van der Waals surface area contributed by atoms with E-state index in [0.29, 0.717) is 0 Å². The third-order valence-corrected chi connectivity index (χ3v) is 1.65. The lowest BCUT2D eigenvalue weighted by Crippen LogP contribution is -2.36. The highest BCUT2D eigenvalue weighted by Crippen LogP contribution is 1.91. The zero-order valence-corrected chi connectivity index (χ0v) is 8.66. The Hall–Kier alpha value is -0.160. The highest BCUT2D eigenvalue weighted by molar-refractivity contribution is 4.62. The second kappa shape index (κ2) is 14.4. The van der Waals surface area contributed by atoms with Crippen LogP contribution in [0.15, 0.2) is 0 Å². The summed E-state index contributed by atoms with van der Waals surface area (Å²) in [5, 5.41) is 27.4.